The smallest absolute Gasteiger partial charge is 0.254 e. The molecule has 1 saturated heterocycles. The van der Waals surface area contributed by atoms with Crippen LogP contribution in [0.1, 0.15) is 35.7 Å². The fourth-order valence-corrected chi connectivity index (χ4v) is 3.32. The Morgan fingerprint density at radius 1 is 1.10 bits per heavy atom. The molecule has 0 bridgehead atoms. The molecule has 0 aromatic heterocycles. The third-order valence-electron chi connectivity index (χ3n) is 4.98. The molecule has 3 amide bonds. The van der Waals surface area contributed by atoms with Gasteiger partial charge in [-0.3, -0.25) is 14.4 Å². The number of halogens is 2. The van der Waals surface area contributed by atoms with Crippen molar-refractivity contribution in [2.24, 2.45) is 0 Å². The van der Waals surface area contributed by atoms with Gasteiger partial charge in [0.15, 0.2) is 0 Å². The Balaban J connectivity index is 1.62. The third-order valence-corrected chi connectivity index (χ3v) is 4.98. The highest BCUT2D eigenvalue weighted by molar-refractivity contribution is 5.99. The van der Waals surface area contributed by atoms with Crippen LogP contribution in [-0.2, 0) is 16.1 Å². The van der Waals surface area contributed by atoms with E-state index in [1.807, 2.05) is 0 Å². The molecule has 2 aromatic carbocycles. The molecule has 8 heteroatoms. The van der Waals surface area contributed by atoms with E-state index in [0.717, 1.165) is 30.7 Å². The molecule has 1 aliphatic rings. The first-order valence-corrected chi connectivity index (χ1v) is 9.79. The molecule has 1 N–H and O–H groups in total. The Morgan fingerprint density at radius 3 is 2.33 bits per heavy atom. The quantitative estimate of drug-likeness (QED) is 0.755. The van der Waals surface area contributed by atoms with Crippen LogP contribution in [0.2, 0.25) is 0 Å². The van der Waals surface area contributed by atoms with Gasteiger partial charge in [-0.15, -0.1) is 0 Å². The number of nitrogens with zero attached hydrogens (tertiary/aromatic N) is 2. The fourth-order valence-electron chi connectivity index (χ4n) is 3.32. The Hall–Kier alpha value is -3.29. The Kier molecular flexibility index (Phi) is 6.76. The molecule has 0 saturated carbocycles. The average molecular weight is 415 g/mol. The second-order valence-electron chi connectivity index (χ2n) is 7.08. The molecular weight excluding hydrogens is 392 g/mol. The number of hydrogen-bond donors (Lipinski definition) is 1. The summed E-state index contributed by atoms with van der Waals surface area (Å²) in [7, 11) is 0. The summed E-state index contributed by atoms with van der Waals surface area (Å²) < 4.78 is 27.4. The minimum Gasteiger partial charge on any atom is -0.338 e. The van der Waals surface area contributed by atoms with Gasteiger partial charge in [0.05, 0.1) is 0 Å². The minimum atomic E-state index is -0.884. The maximum Gasteiger partial charge on any atom is 0.254 e. The minimum absolute atomic E-state index is 0.129. The molecule has 2 aromatic rings. The van der Waals surface area contributed by atoms with Crippen LogP contribution in [0.5, 0.6) is 0 Å². The monoisotopic (exact) mass is 415 g/mol. The number of carbonyl (C=O) groups excluding carboxylic acids is 3. The molecule has 0 atom stereocenters. The van der Waals surface area contributed by atoms with Gasteiger partial charge in [0.2, 0.25) is 11.8 Å². The summed E-state index contributed by atoms with van der Waals surface area (Å²) in [5, 5.41) is 2.18. The highest BCUT2D eigenvalue weighted by atomic mass is 19.1. The van der Waals surface area contributed by atoms with Crippen molar-refractivity contribution < 1.29 is 23.2 Å². The van der Waals surface area contributed by atoms with Crippen molar-refractivity contribution in [2.75, 3.05) is 25.0 Å². The number of likely N-dealkylation sites (N-methyl/N-ethyl adjacent to an activating group) is 1. The van der Waals surface area contributed by atoms with Crippen molar-refractivity contribution in [3.05, 3.63) is 65.2 Å². The van der Waals surface area contributed by atoms with Gasteiger partial charge in [-0.1, -0.05) is 18.2 Å². The lowest BCUT2D eigenvalue weighted by molar-refractivity contribution is -0.128. The molecule has 0 unspecified atom stereocenters. The normalized spacial score (nSPS) is 13.4. The Morgan fingerprint density at radius 2 is 1.77 bits per heavy atom. The molecule has 3 rings (SSSR count). The van der Waals surface area contributed by atoms with Gasteiger partial charge >= 0.3 is 0 Å². The molecule has 1 aliphatic heterocycles. The van der Waals surface area contributed by atoms with E-state index in [2.05, 4.69) is 5.32 Å². The van der Waals surface area contributed by atoms with E-state index in [9.17, 15) is 23.2 Å². The maximum atomic E-state index is 13.7. The molecular formula is C22H23F2N3O3. The molecule has 0 radical (unpaired) electrons. The molecule has 0 aliphatic carbocycles. The van der Waals surface area contributed by atoms with E-state index in [1.54, 1.807) is 36.1 Å². The lowest BCUT2D eigenvalue weighted by Gasteiger charge is -2.21. The van der Waals surface area contributed by atoms with Crippen LogP contribution in [0.3, 0.4) is 0 Å². The van der Waals surface area contributed by atoms with Gasteiger partial charge < -0.3 is 15.1 Å². The predicted molar refractivity (Wildman–Crippen MR) is 108 cm³/mol. The van der Waals surface area contributed by atoms with Crippen molar-refractivity contribution in [2.45, 2.75) is 26.3 Å². The number of benzene rings is 2. The zero-order valence-electron chi connectivity index (χ0n) is 16.7. The second-order valence-corrected chi connectivity index (χ2v) is 7.08. The highest BCUT2D eigenvalue weighted by Crippen LogP contribution is 2.18. The molecule has 158 valence electrons. The topological polar surface area (TPSA) is 69.7 Å². The van der Waals surface area contributed by atoms with Crippen molar-refractivity contribution in [1.29, 1.82) is 0 Å². The van der Waals surface area contributed by atoms with Crippen molar-refractivity contribution in [1.82, 2.24) is 9.80 Å². The van der Waals surface area contributed by atoms with Crippen LogP contribution in [0.4, 0.5) is 14.5 Å². The van der Waals surface area contributed by atoms with Crippen LogP contribution in [-0.4, -0.2) is 47.2 Å². The number of para-hydroxylation sites is 1. The Labute approximate surface area is 173 Å². The zero-order chi connectivity index (χ0) is 21.7. The van der Waals surface area contributed by atoms with E-state index in [4.69, 9.17) is 0 Å². The zero-order valence-corrected chi connectivity index (χ0v) is 16.7. The molecule has 1 fully saturated rings. The lowest BCUT2D eigenvalue weighted by Crippen LogP contribution is -2.38. The number of carbonyl (C=O) groups is 3. The molecule has 1 heterocycles. The van der Waals surface area contributed by atoms with Crippen molar-refractivity contribution >= 4 is 23.4 Å². The number of hydrogen-bond acceptors (Lipinski definition) is 3. The van der Waals surface area contributed by atoms with E-state index < -0.39 is 23.2 Å². The number of amides is 3. The maximum absolute atomic E-state index is 13.7. The lowest BCUT2D eigenvalue weighted by atomic mass is 10.1. The standard InChI is InChI=1S/C22H23F2N3O3/c1-2-26(14-19(28)25-21-17(23)5-3-6-18(21)24)22(30)16-10-8-15(9-11-16)13-27-12-4-7-20(27)29/h3,5-6,8-11H,2,4,7,12-14H2,1H3,(H,25,28). The summed E-state index contributed by atoms with van der Waals surface area (Å²) in [6.45, 7) is 2.85. The van der Waals surface area contributed by atoms with Gasteiger partial charge in [-0.05, 0) is 43.2 Å². The third kappa shape index (κ3) is 5.00. The molecule has 0 spiro atoms. The average Bonchev–Trinajstić information content (AvgIpc) is 3.13. The summed E-state index contributed by atoms with van der Waals surface area (Å²) in [5.74, 6) is -2.71. The van der Waals surface area contributed by atoms with Gasteiger partial charge in [0.25, 0.3) is 5.91 Å². The number of anilines is 1. The predicted octanol–water partition coefficient (Wildman–Crippen LogP) is 3.19. The van der Waals surface area contributed by atoms with Gasteiger partial charge in [0.1, 0.15) is 23.9 Å². The van der Waals surface area contributed by atoms with Crippen LogP contribution < -0.4 is 5.32 Å². The largest absolute Gasteiger partial charge is 0.338 e. The van der Waals surface area contributed by atoms with Gasteiger partial charge in [0, 0.05) is 31.6 Å². The van der Waals surface area contributed by atoms with E-state index in [1.165, 1.54) is 11.0 Å². The van der Waals surface area contributed by atoms with E-state index in [0.29, 0.717) is 18.5 Å². The first kappa shape index (κ1) is 21.4. The SMILES string of the molecule is CCN(CC(=O)Nc1c(F)cccc1F)C(=O)c1ccc(CN2CCCC2=O)cc1. The van der Waals surface area contributed by atoms with Crippen LogP contribution in [0.25, 0.3) is 0 Å². The first-order chi connectivity index (χ1) is 14.4. The summed E-state index contributed by atoms with van der Waals surface area (Å²) >= 11 is 0. The number of likely N-dealkylation sites (tertiary alicyclic amines) is 1. The van der Waals surface area contributed by atoms with E-state index >= 15 is 0 Å². The number of rotatable bonds is 7. The fraction of sp³-hybridized carbons (Fsp3) is 0.318. The first-order valence-electron chi connectivity index (χ1n) is 9.79. The van der Waals surface area contributed by atoms with E-state index in [-0.39, 0.29) is 24.9 Å². The summed E-state index contributed by atoms with van der Waals surface area (Å²) in [4.78, 5) is 39.8. The van der Waals surface area contributed by atoms with Crippen molar-refractivity contribution in [3.8, 4) is 0 Å². The second kappa shape index (κ2) is 9.47. The summed E-state index contributed by atoms with van der Waals surface area (Å²) in [6, 6.07) is 10.1. The Bertz CT molecular complexity index is 927. The van der Waals surface area contributed by atoms with Crippen LogP contribution in [0.15, 0.2) is 42.5 Å². The molecule has 6 nitrogen and oxygen atoms in total. The van der Waals surface area contributed by atoms with Gasteiger partial charge in [-0.2, -0.15) is 0 Å². The summed E-state index contributed by atoms with van der Waals surface area (Å²) in [6.07, 6.45) is 1.43. The highest BCUT2D eigenvalue weighted by Gasteiger charge is 2.21. The van der Waals surface area contributed by atoms with Crippen LogP contribution in [0, 0.1) is 11.6 Å². The van der Waals surface area contributed by atoms with Crippen LogP contribution >= 0.6 is 0 Å². The number of nitrogens with one attached hydrogen (secondary N) is 1. The van der Waals surface area contributed by atoms with Gasteiger partial charge in [-0.25, -0.2) is 8.78 Å². The van der Waals surface area contributed by atoms with Crippen molar-refractivity contribution in [3.63, 3.8) is 0 Å². The molecule has 30 heavy (non-hydrogen) atoms. The summed E-state index contributed by atoms with van der Waals surface area (Å²) in [5.41, 5.74) is 0.766.